The van der Waals surface area contributed by atoms with Crippen LogP contribution in [0.15, 0.2) is 25.1 Å². The lowest BCUT2D eigenvalue weighted by Gasteiger charge is -2.39. The van der Waals surface area contributed by atoms with Crippen LogP contribution in [0.4, 0.5) is 39.5 Å². The normalized spacial score (nSPS) is 14.6. The first kappa shape index (κ1) is 15.9. The SMILES string of the molecule is C=CC(C(F)(F)F)(C(F)(F)F)C(F)(F)C(=C)F. The van der Waals surface area contributed by atoms with Gasteiger partial charge in [0.15, 0.2) is 5.83 Å². The quantitative estimate of drug-likeness (QED) is 0.527. The van der Waals surface area contributed by atoms with Crippen LogP contribution in [0.1, 0.15) is 0 Å². The molecule has 0 fully saturated rings. The van der Waals surface area contributed by atoms with Crippen molar-refractivity contribution in [1.29, 1.82) is 0 Å². The molecule has 0 bridgehead atoms. The lowest BCUT2D eigenvalue weighted by atomic mass is 9.79. The zero-order valence-corrected chi connectivity index (χ0v) is 7.89. The van der Waals surface area contributed by atoms with Gasteiger partial charge in [-0.3, -0.25) is 0 Å². The zero-order chi connectivity index (χ0) is 14.3. The predicted octanol–water partition coefficient (Wildman–Crippen LogP) is 4.40. The maximum atomic E-state index is 12.9. The summed E-state index contributed by atoms with van der Waals surface area (Å²) < 4.78 is 111. The molecule has 0 amide bonds. The highest BCUT2D eigenvalue weighted by Crippen LogP contribution is 2.61. The van der Waals surface area contributed by atoms with Crippen molar-refractivity contribution in [1.82, 2.24) is 0 Å². The Kier molecular flexibility index (Phi) is 3.68. The van der Waals surface area contributed by atoms with E-state index >= 15 is 0 Å². The Morgan fingerprint density at radius 2 is 1.12 bits per heavy atom. The third-order valence-electron chi connectivity index (χ3n) is 2.04. The van der Waals surface area contributed by atoms with E-state index in [1.807, 2.05) is 0 Å². The van der Waals surface area contributed by atoms with Crippen LogP contribution in [0.3, 0.4) is 0 Å². The topological polar surface area (TPSA) is 0 Å². The number of halogens is 9. The standard InChI is InChI=1S/C8H5F9/c1-3-5(7(12,13)14,8(15,16)17)6(10,11)4(2)9/h3H,1-2H2. The minimum absolute atomic E-state index is 1.07. The van der Waals surface area contributed by atoms with Gasteiger partial charge in [-0.2, -0.15) is 35.1 Å². The van der Waals surface area contributed by atoms with Gasteiger partial charge in [0.1, 0.15) is 0 Å². The van der Waals surface area contributed by atoms with Crippen LogP contribution in [0.2, 0.25) is 0 Å². The molecule has 0 radical (unpaired) electrons. The first-order valence-corrected chi connectivity index (χ1v) is 3.75. The maximum Gasteiger partial charge on any atom is 0.413 e. The van der Waals surface area contributed by atoms with Crippen molar-refractivity contribution >= 4 is 0 Å². The van der Waals surface area contributed by atoms with E-state index in [9.17, 15) is 39.5 Å². The highest BCUT2D eigenvalue weighted by Gasteiger charge is 2.81. The molecular formula is C8H5F9. The monoisotopic (exact) mass is 272 g/mol. The Balaban J connectivity index is 6.25. The van der Waals surface area contributed by atoms with Crippen molar-refractivity contribution < 1.29 is 39.5 Å². The Morgan fingerprint density at radius 3 is 1.18 bits per heavy atom. The molecule has 0 spiro atoms. The first-order chi connectivity index (χ1) is 7.25. The van der Waals surface area contributed by atoms with Crippen LogP contribution in [-0.4, -0.2) is 18.3 Å². The van der Waals surface area contributed by atoms with Crippen LogP contribution < -0.4 is 0 Å². The molecule has 0 N–H and O–H groups in total. The summed E-state index contributed by atoms with van der Waals surface area (Å²) in [5.74, 6) is -8.95. The van der Waals surface area contributed by atoms with E-state index in [0.717, 1.165) is 0 Å². The molecule has 0 rings (SSSR count). The van der Waals surface area contributed by atoms with Gasteiger partial charge in [-0.1, -0.05) is 12.7 Å². The molecule has 9 heteroatoms. The van der Waals surface area contributed by atoms with E-state index in [-0.39, 0.29) is 0 Å². The Labute approximate surface area is 89.4 Å². The van der Waals surface area contributed by atoms with E-state index < -0.39 is 35.6 Å². The van der Waals surface area contributed by atoms with Crippen LogP contribution in [0.25, 0.3) is 0 Å². The number of allylic oxidation sites excluding steroid dienone is 2. The maximum absolute atomic E-state index is 12.9. The number of alkyl halides is 8. The first-order valence-electron chi connectivity index (χ1n) is 3.75. The molecule has 0 unspecified atom stereocenters. The van der Waals surface area contributed by atoms with Gasteiger partial charge in [-0.05, 0) is 0 Å². The predicted molar refractivity (Wildman–Crippen MR) is 39.9 cm³/mol. The minimum atomic E-state index is -6.48. The van der Waals surface area contributed by atoms with Crippen molar-refractivity contribution in [2.45, 2.75) is 18.3 Å². The summed E-state index contributed by atoms with van der Waals surface area (Å²) in [6.45, 7) is 3.89. The number of rotatable bonds is 3. The largest absolute Gasteiger partial charge is 0.413 e. The van der Waals surface area contributed by atoms with Crippen molar-refractivity contribution in [3.8, 4) is 0 Å². The van der Waals surface area contributed by atoms with E-state index in [1.54, 1.807) is 6.58 Å². The molecule has 0 aromatic rings. The Morgan fingerprint density at radius 1 is 0.824 bits per heavy atom. The molecule has 0 heterocycles. The Bertz CT molecular complexity index is 305. The molecule has 17 heavy (non-hydrogen) atoms. The van der Waals surface area contributed by atoms with E-state index in [4.69, 9.17) is 0 Å². The summed E-state index contributed by atoms with van der Waals surface area (Å²) in [6, 6.07) is 0. The second kappa shape index (κ2) is 3.95. The van der Waals surface area contributed by atoms with Crippen molar-refractivity contribution in [3.05, 3.63) is 25.1 Å². The van der Waals surface area contributed by atoms with Crippen molar-refractivity contribution in [3.63, 3.8) is 0 Å². The van der Waals surface area contributed by atoms with Crippen molar-refractivity contribution in [2.24, 2.45) is 5.41 Å². The van der Waals surface area contributed by atoms with Gasteiger partial charge in [0.25, 0.3) is 0 Å². The molecule has 100 valence electrons. The van der Waals surface area contributed by atoms with Crippen LogP contribution in [-0.2, 0) is 0 Å². The fourth-order valence-electron chi connectivity index (χ4n) is 1.09. The fraction of sp³-hybridized carbons (Fsp3) is 0.500. The summed E-state index contributed by atoms with van der Waals surface area (Å²) in [4.78, 5) is 0. The van der Waals surface area contributed by atoms with E-state index in [2.05, 4.69) is 6.58 Å². The molecule has 0 atom stereocenters. The molecule has 0 aliphatic heterocycles. The second-order valence-corrected chi connectivity index (χ2v) is 2.99. The van der Waals surface area contributed by atoms with Gasteiger partial charge in [-0.15, -0.1) is 6.58 Å². The van der Waals surface area contributed by atoms with E-state index in [0.29, 0.717) is 0 Å². The average molecular weight is 272 g/mol. The summed E-state index contributed by atoms with van der Waals surface area (Å²) in [5, 5.41) is 0. The molecule has 0 aromatic heterocycles. The van der Waals surface area contributed by atoms with Crippen LogP contribution in [0.5, 0.6) is 0 Å². The molecule has 0 nitrogen and oxygen atoms in total. The van der Waals surface area contributed by atoms with Gasteiger partial charge in [0.2, 0.25) is 5.41 Å². The van der Waals surface area contributed by atoms with Gasteiger partial charge in [0, 0.05) is 0 Å². The van der Waals surface area contributed by atoms with E-state index in [1.165, 1.54) is 0 Å². The zero-order valence-electron chi connectivity index (χ0n) is 7.89. The summed E-state index contributed by atoms with van der Waals surface area (Å²) in [6.07, 6.45) is -14.0. The average Bonchev–Trinajstić information content (AvgIpc) is 1.98. The van der Waals surface area contributed by atoms with Gasteiger partial charge in [-0.25, -0.2) is 4.39 Å². The van der Waals surface area contributed by atoms with Gasteiger partial charge < -0.3 is 0 Å². The Hall–Kier alpha value is -1.15. The third-order valence-corrected chi connectivity index (χ3v) is 2.04. The highest BCUT2D eigenvalue weighted by atomic mass is 19.4. The number of hydrogen-bond acceptors (Lipinski definition) is 0. The summed E-state index contributed by atoms with van der Waals surface area (Å²) in [5.41, 5.74) is -5.71. The molecule has 0 aliphatic rings. The molecular weight excluding hydrogens is 267 g/mol. The van der Waals surface area contributed by atoms with Crippen LogP contribution >= 0.6 is 0 Å². The van der Waals surface area contributed by atoms with Crippen molar-refractivity contribution in [2.75, 3.05) is 0 Å². The molecule has 0 saturated heterocycles. The summed E-state index contributed by atoms with van der Waals surface area (Å²) >= 11 is 0. The third kappa shape index (κ3) is 2.02. The number of hydrogen-bond donors (Lipinski definition) is 0. The second-order valence-electron chi connectivity index (χ2n) is 2.99. The van der Waals surface area contributed by atoms with Gasteiger partial charge in [0.05, 0.1) is 0 Å². The molecule has 0 aromatic carbocycles. The highest BCUT2D eigenvalue weighted by molar-refractivity contribution is 5.21. The smallest absolute Gasteiger partial charge is 0.206 e. The summed E-state index contributed by atoms with van der Waals surface area (Å²) in [7, 11) is 0. The molecule has 0 aliphatic carbocycles. The lowest BCUT2D eigenvalue weighted by molar-refractivity contribution is -0.373. The fourth-order valence-corrected chi connectivity index (χ4v) is 1.09. The molecule has 0 saturated carbocycles. The van der Waals surface area contributed by atoms with Crippen LogP contribution in [0, 0.1) is 5.41 Å². The lowest BCUT2D eigenvalue weighted by Crippen LogP contribution is -2.60. The van der Waals surface area contributed by atoms with Gasteiger partial charge >= 0.3 is 18.3 Å². The minimum Gasteiger partial charge on any atom is -0.206 e.